The number of nitrogens with one attached hydrogen (secondary N) is 3. The summed E-state index contributed by atoms with van der Waals surface area (Å²) in [6.45, 7) is 13.4. The molecule has 0 aliphatic carbocycles. The highest BCUT2D eigenvalue weighted by atomic mass is 19.1. The van der Waals surface area contributed by atoms with Crippen molar-refractivity contribution in [3.05, 3.63) is 122 Å². The first-order valence-electron chi connectivity index (χ1n) is 26.0. The minimum absolute atomic E-state index is 0.0704. The van der Waals surface area contributed by atoms with Crippen molar-refractivity contribution in [3.63, 3.8) is 0 Å². The van der Waals surface area contributed by atoms with Gasteiger partial charge in [-0.05, 0) is 93.5 Å². The SMILES string of the molecule is Cc1cc(C(=O)[N+]2=CCC(CN3CCN(Cc4cc5c(cc4F)n(C4CCC(=O)NC4=O)c(=O)n5C)CC3)CC2)cc(F)c1C1=CCN([C@@H](C)c2cc3c(n2C)NC(C)C=C3N2C=CC3=C(CCN3)C2O)CC1. The molecule has 2 fully saturated rings. The van der Waals surface area contributed by atoms with E-state index in [1.165, 1.54) is 21.3 Å². The fourth-order valence-electron chi connectivity index (χ4n) is 12.4. The molecule has 3 amide bonds. The number of benzene rings is 2. The summed E-state index contributed by atoms with van der Waals surface area (Å²) in [6.07, 6.45) is 13.0. The standard InChI is InChI=1S/C55H65F2N11O5/c1-32-24-37(26-42(57)50(32)36-11-17-65(18-12-36)34(3)45-28-40-46(25-33(2)59-51(40)61(45)4)67-19-13-43-39(54(67)72)8-14-58-43)53(71)66-15-9-35(10-16-66)30-63-20-22-64(23-21-63)31-38-27-47-48(29-41(38)56)68(55(73)62(47)5)44-6-7-49(69)60-52(44)70/h11,13,15,19,24-29,33-35,44,54,58-59,72H,6-10,12,14,16-18,20-23,30-31H2,1-5H3/p+1/t33?,34-,35?,44?,54?/m0/s1. The Morgan fingerprint density at radius 3 is 2.45 bits per heavy atom. The molecule has 11 rings (SSSR count). The van der Waals surface area contributed by atoms with Gasteiger partial charge < -0.3 is 30.1 Å². The van der Waals surface area contributed by atoms with Crippen LogP contribution in [0.3, 0.4) is 0 Å². The average Bonchev–Trinajstić information content (AvgIpc) is 4.06. The number of aryl methyl sites for hydroxylation is 2. The average molecular weight is 999 g/mol. The van der Waals surface area contributed by atoms with Crippen LogP contribution in [0, 0.1) is 24.5 Å². The fraction of sp³-hybridized carbons (Fsp3) is 0.473. The number of imidazole rings is 1. The maximum atomic E-state index is 16.2. The molecule has 7 aliphatic heterocycles. The number of carbonyl (C=O) groups excluding carboxylic acids is 3. The Morgan fingerprint density at radius 2 is 1.73 bits per heavy atom. The predicted molar refractivity (Wildman–Crippen MR) is 275 cm³/mol. The number of aliphatic hydroxyl groups is 1. The molecule has 16 nitrogen and oxygen atoms in total. The van der Waals surface area contributed by atoms with Crippen molar-refractivity contribution in [1.82, 2.24) is 43.9 Å². The summed E-state index contributed by atoms with van der Waals surface area (Å²) in [7, 11) is 3.70. The Bertz CT molecular complexity index is 3150. The molecule has 7 aliphatic rings. The molecule has 2 aromatic carbocycles. The molecule has 2 aromatic heterocycles. The number of imide groups is 1. The van der Waals surface area contributed by atoms with Crippen LogP contribution in [0.5, 0.6) is 0 Å². The van der Waals surface area contributed by atoms with E-state index in [0.29, 0.717) is 59.7 Å². The highest BCUT2D eigenvalue weighted by molar-refractivity contribution is 6.00. The van der Waals surface area contributed by atoms with Crippen LogP contribution in [0.25, 0.3) is 22.3 Å². The Kier molecular flexibility index (Phi) is 13.0. The number of fused-ring (bicyclic) bond motifs is 2. The second kappa shape index (κ2) is 19.4. The lowest BCUT2D eigenvalue weighted by atomic mass is 9.92. The largest absolute Gasteiger partial charge is 0.419 e. The van der Waals surface area contributed by atoms with Crippen LogP contribution in [0.4, 0.5) is 14.6 Å². The molecule has 384 valence electrons. The van der Waals surface area contributed by atoms with Gasteiger partial charge in [0.15, 0.2) is 12.8 Å². The summed E-state index contributed by atoms with van der Waals surface area (Å²) in [5.74, 6) is -0.543. The smallest absolute Gasteiger partial charge is 0.385 e. The quantitative estimate of drug-likeness (QED) is 0.124. The van der Waals surface area contributed by atoms with Gasteiger partial charge in [-0.25, -0.2) is 18.4 Å². The molecule has 4 aromatic rings. The number of piperidine rings is 1. The normalized spacial score (nSPS) is 24.4. The number of amides is 3. The highest BCUT2D eigenvalue weighted by Crippen LogP contribution is 2.41. The summed E-state index contributed by atoms with van der Waals surface area (Å²) in [5, 5.41) is 20.7. The molecule has 2 saturated heterocycles. The lowest BCUT2D eigenvalue weighted by Gasteiger charge is -2.36. The van der Waals surface area contributed by atoms with Gasteiger partial charge in [-0.1, -0.05) is 6.08 Å². The van der Waals surface area contributed by atoms with E-state index in [1.807, 2.05) is 30.3 Å². The van der Waals surface area contributed by atoms with Gasteiger partial charge in [0, 0.05) is 150 Å². The Labute approximate surface area is 423 Å². The van der Waals surface area contributed by atoms with Crippen LogP contribution >= 0.6 is 0 Å². The zero-order chi connectivity index (χ0) is 51.0. The summed E-state index contributed by atoms with van der Waals surface area (Å²) >= 11 is 0. The van der Waals surface area contributed by atoms with Gasteiger partial charge in [-0.2, -0.15) is 4.58 Å². The van der Waals surface area contributed by atoms with E-state index >= 15 is 8.78 Å². The highest BCUT2D eigenvalue weighted by Gasteiger charge is 2.36. The second-order valence-electron chi connectivity index (χ2n) is 21.1. The van der Waals surface area contributed by atoms with Crippen LogP contribution in [-0.4, -0.2) is 138 Å². The van der Waals surface area contributed by atoms with E-state index in [0.717, 1.165) is 110 Å². The topological polar surface area (TPSA) is 155 Å². The third-order valence-electron chi connectivity index (χ3n) is 16.6. The first-order chi connectivity index (χ1) is 35.1. The number of carbonyl (C=O) groups is 3. The molecule has 4 unspecified atom stereocenters. The van der Waals surface area contributed by atoms with Gasteiger partial charge in [0.2, 0.25) is 11.8 Å². The van der Waals surface area contributed by atoms with E-state index < -0.39 is 29.7 Å². The second-order valence-corrected chi connectivity index (χ2v) is 21.1. The van der Waals surface area contributed by atoms with Crippen molar-refractivity contribution in [2.45, 2.75) is 90.2 Å². The summed E-state index contributed by atoms with van der Waals surface area (Å²) in [5.41, 5.74) is 8.80. The zero-order valence-corrected chi connectivity index (χ0v) is 42.4. The van der Waals surface area contributed by atoms with Crippen molar-refractivity contribution in [3.8, 4) is 0 Å². The zero-order valence-electron chi connectivity index (χ0n) is 42.4. The van der Waals surface area contributed by atoms with Crippen molar-refractivity contribution in [2.24, 2.45) is 20.0 Å². The molecule has 5 atom stereocenters. The molecule has 0 spiro atoms. The number of hydrogen-bond acceptors (Lipinski definition) is 11. The monoisotopic (exact) mass is 999 g/mol. The number of hydrogen-bond donors (Lipinski definition) is 4. The first-order valence-corrected chi connectivity index (χ1v) is 26.0. The van der Waals surface area contributed by atoms with E-state index in [4.69, 9.17) is 0 Å². The van der Waals surface area contributed by atoms with E-state index in [-0.39, 0.29) is 42.6 Å². The molecular formula is C55H66F2N11O5+. The third kappa shape index (κ3) is 8.99. The first kappa shape index (κ1) is 48.8. The number of nitrogens with zero attached hydrogens (tertiary/aromatic N) is 8. The Morgan fingerprint density at radius 1 is 0.932 bits per heavy atom. The Hall–Kier alpha value is -6.47. The predicted octanol–water partition coefficient (Wildman–Crippen LogP) is 5.09. The third-order valence-corrected chi connectivity index (χ3v) is 16.6. The van der Waals surface area contributed by atoms with Crippen LogP contribution in [0.1, 0.15) is 103 Å². The fourth-order valence-corrected chi connectivity index (χ4v) is 12.4. The lowest BCUT2D eigenvalue weighted by molar-refractivity contribution is -0.432. The van der Waals surface area contributed by atoms with Crippen molar-refractivity contribution in [1.29, 1.82) is 0 Å². The van der Waals surface area contributed by atoms with Crippen LogP contribution in [-0.2, 0) is 30.2 Å². The summed E-state index contributed by atoms with van der Waals surface area (Å²) in [6, 6.07) is 7.78. The summed E-state index contributed by atoms with van der Waals surface area (Å²) < 4.78 is 38.5. The van der Waals surface area contributed by atoms with Gasteiger partial charge in [0.05, 0.1) is 22.3 Å². The van der Waals surface area contributed by atoms with Gasteiger partial charge in [0.1, 0.15) is 29.7 Å². The molecule has 0 saturated carbocycles. The van der Waals surface area contributed by atoms with Crippen LogP contribution in [0.2, 0.25) is 0 Å². The maximum Gasteiger partial charge on any atom is 0.419 e. The van der Waals surface area contributed by atoms with Gasteiger partial charge >= 0.3 is 11.6 Å². The molecule has 0 radical (unpaired) electrons. The van der Waals surface area contributed by atoms with Gasteiger partial charge in [0.25, 0.3) is 0 Å². The summed E-state index contributed by atoms with van der Waals surface area (Å²) in [4.78, 5) is 60.4. The van der Waals surface area contributed by atoms with Crippen molar-refractivity contribution < 1.29 is 32.8 Å². The molecular weight excluding hydrogens is 933 g/mol. The van der Waals surface area contributed by atoms with Crippen LogP contribution in [0.15, 0.2) is 70.8 Å². The van der Waals surface area contributed by atoms with Crippen molar-refractivity contribution >= 4 is 52.1 Å². The van der Waals surface area contributed by atoms with E-state index in [1.54, 1.807) is 17.7 Å². The number of halogens is 2. The number of anilines is 1. The number of allylic oxidation sites excluding steroid dienone is 1. The van der Waals surface area contributed by atoms with Crippen molar-refractivity contribution in [2.75, 3.05) is 64.2 Å². The lowest BCUT2D eigenvalue weighted by Crippen LogP contribution is -2.48. The van der Waals surface area contributed by atoms with E-state index in [2.05, 4.69) is 80.4 Å². The molecule has 73 heavy (non-hydrogen) atoms. The number of rotatable bonds is 10. The minimum atomic E-state index is -0.875. The number of aliphatic hydroxyl groups excluding tert-OH is 1. The molecule has 9 heterocycles. The van der Waals surface area contributed by atoms with Crippen LogP contribution < -0.4 is 21.6 Å². The maximum absolute atomic E-state index is 16.2. The number of aromatic nitrogens is 3. The minimum Gasteiger partial charge on any atom is -0.385 e. The van der Waals surface area contributed by atoms with Gasteiger partial charge in [-0.15, -0.1) is 0 Å². The Balaban J connectivity index is 0.679. The molecule has 4 N–H and O–H groups in total. The molecule has 0 bridgehead atoms. The molecule has 18 heteroatoms. The van der Waals surface area contributed by atoms with E-state index in [9.17, 15) is 24.3 Å². The number of piperazine rings is 1. The van der Waals surface area contributed by atoms with Gasteiger partial charge in [-0.3, -0.25) is 33.8 Å².